The second-order valence-corrected chi connectivity index (χ2v) is 5.84. The molecule has 2 heterocycles. The SMILES string of the molecule is COc1ccccc1-c1c(N)noc1-c1sccc1Br. The number of nitrogen functional groups attached to an aromatic ring is 1. The van der Waals surface area contributed by atoms with E-state index in [0.717, 1.165) is 26.2 Å². The molecule has 0 atom stereocenters. The Kier molecular flexibility index (Phi) is 3.50. The molecule has 6 heteroatoms. The number of methoxy groups -OCH3 is 1. The summed E-state index contributed by atoms with van der Waals surface area (Å²) in [4.78, 5) is 0.954. The molecule has 0 saturated heterocycles. The van der Waals surface area contributed by atoms with Crippen LogP contribution in [0.4, 0.5) is 5.82 Å². The van der Waals surface area contributed by atoms with Gasteiger partial charge in [-0.3, -0.25) is 0 Å². The minimum absolute atomic E-state index is 0.352. The molecule has 0 fully saturated rings. The lowest BCUT2D eigenvalue weighted by Crippen LogP contribution is -1.92. The molecular weight excluding hydrogens is 340 g/mol. The fourth-order valence-corrected chi connectivity index (χ4v) is 3.56. The highest BCUT2D eigenvalue weighted by atomic mass is 79.9. The third-order valence-corrected chi connectivity index (χ3v) is 4.75. The molecule has 4 nitrogen and oxygen atoms in total. The maximum Gasteiger partial charge on any atom is 0.188 e. The van der Waals surface area contributed by atoms with Crippen molar-refractivity contribution in [1.29, 1.82) is 0 Å². The zero-order chi connectivity index (χ0) is 14.1. The van der Waals surface area contributed by atoms with Crippen LogP contribution in [-0.2, 0) is 0 Å². The Bertz CT molecular complexity index is 751. The molecule has 0 aliphatic carbocycles. The standard InChI is InChI=1S/C14H11BrN2O2S/c1-18-10-5-3-2-4-8(10)11-12(19-17-14(11)16)13-9(15)6-7-20-13/h2-7H,1H3,(H2,16,17). The molecule has 20 heavy (non-hydrogen) atoms. The van der Waals surface area contributed by atoms with Crippen LogP contribution in [0, 0.1) is 0 Å². The zero-order valence-electron chi connectivity index (χ0n) is 10.6. The highest BCUT2D eigenvalue weighted by Gasteiger charge is 2.22. The van der Waals surface area contributed by atoms with Gasteiger partial charge in [0.15, 0.2) is 11.6 Å². The Morgan fingerprint density at radius 3 is 2.80 bits per heavy atom. The van der Waals surface area contributed by atoms with E-state index < -0.39 is 0 Å². The van der Waals surface area contributed by atoms with Crippen molar-refractivity contribution < 1.29 is 9.26 Å². The van der Waals surface area contributed by atoms with E-state index in [0.29, 0.717) is 11.6 Å². The van der Waals surface area contributed by atoms with Crippen LogP contribution >= 0.6 is 27.3 Å². The minimum atomic E-state index is 0.352. The smallest absolute Gasteiger partial charge is 0.188 e. The molecule has 0 aliphatic rings. The van der Waals surface area contributed by atoms with Gasteiger partial charge in [-0.15, -0.1) is 11.3 Å². The number of nitrogens with two attached hydrogens (primary N) is 1. The maximum absolute atomic E-state index is 5.98. The topological polar surface area (TPSA) is 61.3 Å². The van der Waals surface area contributed by atoms with Crippen molar-refractivity contribution in [3.8, 4) is 27.5 Å². The number of anilines is 1. The van der Waals surface area contributed by atoms with Crippen molar-refractivity contribution in [3.05, 3.63) is 40.2 Å². The number of benzene rings is 1. The summed E-state index contributed by atoms with van der Waals surface area (Å²) in [5, 5.41) is 5.87. The number of hydrogen-bond acceptors (Lipinski definition) is 5. The summed E-state index contributed by atoms with van der Waals surface area (Å²) < 4.78 is 11.8. The van der Waals surface area contributed by atoms with Gasteiger partial charge in [0.25, 0.3) is 0 Å². The number of nitrogens with zero attached hydrogens (tertiary/aromatic N) is 1. The van der Waals surface area contributed by atoms with Gasteiger partial charge >= 0.3 is 0 Å². The van der Waals surface area contributed by atoms with Crippen molar-refractivity contribution in [2.45, 2.75) is 0 Å². The molecule has 2 aromatic heterocycles. The predicted octanol–water partition coefficient (Wildman–Crippen LogP) is 4.42. The average molecular weight is 351 g/mol. The summed E-state index contributed by atoms with van der Waals surface area (Å²) in [5.41, 5.74) is 7.60. The van der Waals surface area contributed by atoms with E-state index in [-0.39, 0.29) is 0 Å². The van der Waals surface area contributed by atoms with Crippen LogP contribution < -0.4 is 10.5 Å². The van der Waals surface area contributed by atoms with Crippen molar-refractivity contribution >= 4 is 33.1 Å². The van der Waals surface area contributed by atoms with Gasteiger partial charge in [-0.25, -0.2) is 0 Å². The molecule has 0 radical (unpaired) electrons. The van der Waals surface area contributed by atoms with Crippen LogP contribution in [-0.4, -0.2) is 12.3 Å². The lowest BCUT2D eigenvalue weighted by atomic mass is 10.0. The number of thiophene rings is 1. The molecule has 3 rings (SSSR count). The van der Waals surface area contributed by atoms with Gasteiger partial charge in [0, 0.05) is 10.0 Å². The summed E-state index contributed by atoms with van der Waals surface area (Å²) in [6.07, 6.45) is 0. The molecule has 102 valence electrons. The lowest BCUT2D eigenvalue weighted by molar-refractivity contribution is 0.416. The molecule has 0 spiro atoms. The molecule has 0 amide bonds. The number of hydrogen-bond donors (Lipinski definition) is 1. The van der Waals surface area contributed by atoms with Crippen molar-refractivity contribution in [1.82, 2.24) is 5.16 Å². The van der Waals surface area contributed by atoms with Gasteiger partial charge in [0.05, 0.1) is 17.6 Å². The first-order valence-electron chi connectivity index (χ1n) is 5.84. The second kappa shape index (κ2) is 5.30. The molecule has 1 aromatic carbocycles. The normalized spacial score (nSPS) is 10.7. The van der Waals surface area contributed by atoms with Crippen molar-refractivity contribution in [3.63, 3.8) is 0 Å². The fourth-order valence-electron chi connectivity index (χ4n) is 2.02. The third-order valence-electron chi connectivity index (χ3n) is 2.92. The predicted molar refractivity (Wildman–Crippen MR) is 83.9 cm³/mol. The summed E-state index contributed by atoms with van der Waals surface area (Å²) in [7, 11) is 1.63. The van der Waals surface area contributed by atoms with Gasteiger partial charge in [-0.1, -0.05) is 23.4 Å². The van der Waals surface area contributed by atoms with Crippen LogP contribution in [0.2, 0.25) is 0 Å². The largest absolute Gasteiger partial charge is 0.496 e. The van der Waals surface area contributed by atoms with Crippen LogP contribution in [0.5, 0.6) is 5.75 Å². The lowest BCUT2D eigenvalue weighted by Gasteiger charge is -2.07. The summed E-state index contributed by atoms with van der Waals surface area (Å²) >= 11 is 5.07. The van der Waals surface area contributed by atoms with Gasteiger partial charge in [0.1, 0.15) is 5.75 Å². The molecule has 0 unspecified atom stereocenters. The number of ether oxygens (including phenoxy) is 1. The first-order chi connectivity index (χ1) is 9.72. The van der Waals surface area contributed by atoms with E-state index in [1.165, 1.54) is 0 Å². The molecule has 0 aliphatic heterocycles. The average Bonchev–Trinajstić information content (AvgIpc) is 3.04. The van der Waals surface area contributed by atoms with Crippen molar-refractivity contribution in [2.75, 3.05) is 12.8 Å². The third kappa shape index (κ3) is 2.10. The van der Waals surface area contributed by atoms with E-state index in [4.69, 9.17) is 15.0 Å². The number of aromatic nitrogens is 1. The van der Waals surface area contributed by atoms with Gasteiger partial charge in [-0.05, 0) is 33.4 Å². The van der Waals surface area contributed by atoms with Gasteiger partial charge < -0.3 is 15.0 Å². The molecule has 0 bridgehead atoms. The van der Waals surface area contributed by atoms with E-state index in [2.05, 4.69) is 21.1 Å². The van der Waals surface area contributed by atoms with E-state index in [1.54, 1.807) is 18.4 Å². The first-order valence-corrected chi connectivity index (χ1v) is 7.51. The first kappa shape index (κ1) is 13.2. The van der Waals surface area contributed by atoms with Crippen LogP contribution in [0.25, 0.3) is 21.8 Å². The molecule has 2 N–H and O–H groups in total. The zero-order valence-corrected chi connectivity index (χ0v) is 13.0. The van der Waals surface area contributed by atoms with Gasteiger partial charge in [0.2, 0.25) is 0 Å². The second-order valence-electron chi connectivity index (χ2n) is 4.07. The highest BCUT2D eigenvalue weighted by Crippen LogP contribution is 2.44. The molecular formula is C14H11BrN2O2S. The monoisotopic (exact) mass is 350 g/mol. The molecule has 0 saturated carbocycles. The van der Waals surface area contributed by atoms with E-state index >= 15 is 0 Å². The van der Waals surface area contributed by atoms with E-state index in [1.807, 2.05) is 35.7 Å². The quantitative estimate of drug-likeness (QED) is 0.759. The molecule has 3 aromatic rings. The minimum Gasteiger partial charge on any atom is -0.496 e. The summed E-state index contributed by atoms with van der Waals surface area (Å²) in [5.74, 6) is 1.73. The number of para-hydroxylation sites is 1. The Morgan fingerprint density at radius 2 is 2.10 bits per heavy atom. The van der Waals surface area contributed by atoms with Crippen LogP contribution in [0.1, 0.15) is 0 Å². The Labute approximate surface area is 128 Å². The fraction of sp³-hybridized carbons (Fsp3) is 0.0714. The number of halogens is 1. The number of rotatable bonds is 3. The van der Waals surface area contributed by atoms with Crippen LogP contribution in [0.3, 0.4) is 0 Å². The summed E-state index contributed by atoms with van der Waals surface area (Å²) in [6.45, 7) is 0. The van der Waals surface area contributed by atoms with E-state index in [9.17, 15) is 0 Å². The maximum atomic E-state index is 5.98. The van der Waals surface area contributed by atoms with Gasteiger partial charge in [-0.2, -0.15) is 0 Å². The van der Waals surface area contributed by atoms with Crippen molar-refractivity contribution in [2.24, 2.45) is 0 Å². The van der Waals surface area contributed by atoms with Crippen LogP contribution in [0.15, 0.2) is 44.7 Å². The highest BCUT2D eigenvalue weighted by molar-refractivity contribution is 9.10. The Balaban J connectivity index is 2.25. The Hall–Kier alpha value is -1.79. The Morgan fingerprint density at radius 1 is 1.30 bits per heavy atom. The summed E-state index contributed by atoms with van der Waals surface area (Å²) in [6, 6.07) is 9.62.